The molecule has 0 aliphatic rings. The number of hydrogen-bond donors (Lipinski definition) is 0. The van der Waals surface area contributed by atoms with Gasteiger partial charge in [0.1, 0.15) is 6.10 Å². The topological polar surface area (TPSA) is 101 Å². The van der Waals surface area contributed by atoms with E-state index in [2.05, 4.69) is 32.6 Å². The minimum atomic E-state index is -0.633. The van der Waals surface area contributed by atoms with Crippen LogP contribution in [0.1, 0.15) is 175 Å². The molecule has 2 atom stereocenters. The minimum absolute atomic E-state index is 0.116. The summed E-state index contributed by atoms with van der Waals surface area (Å²) in [6.07, 6.45) is 22.1. The van der Waals surface area contributed by atoms with Crippen molar-refractivity contribution >= 4 is 18.1 Å². The highest BCUT2D eigenvalue weighted by molar-refractivity contribution is 5.69. The number of unbranched alkanes of at least 4 members (excludes halogenated alkanes) is 14. The SMILES string of the molecule is CCCCCCCCCCCCC(CCOC(=O)CCCCC(COC)COC(=O)CCCCCCC)OC(=O)OCCCN(CC)CC. The fourth-order valence-electron chi connectivity index (χ4n) is 5.96. The van der Waals surface area contributed by atoms with Crippen molar-refractivity contribution in [1.82, 2.24) is 4.90 Å². The maximum Gasteiger partial charge on any atom is 0.508 e. The molecule has 0 saturated carbocycles. The van der Waals surface area contributed by atoms with Gasteiger partial charge < -0.3 is 28.6 Å². The quantitative estimate of drug-likeness (QED) is 0.0359. The summed E-state index contributed by atoms with van der Waals surface area (Å²) in [6, 6.07) is 0. The van der Waals surface area contributed by atoms with Crippen molar-refractivity contribution in [3.8, 4) is 0 Å². The molecule has 0 amide bonds. The fraction of sp³-hybridized carbons (Fsp3) is 0.925. The molecule has 0 aliphatic heterocycles. The molecule has 49 heavy (non-hydrogen) atoms. The molecule has 0 saturated heterocycles. The highest BCUT2D eigenvalue weighted by atomic mass is 16.7. The molecule has 9 heteroatoms. The summed E-state index contributed by atoms with van der Waals surface area (Å²) in [6.45, 7) is 12.9. The molecule has 0 aromatic carbocycles. The number of methoxy groups -OCH3 is 1. The monoisotopic (exact) mass is 700 g/mol. The lowest BCUT2D eigenvalue weighted by molar-refractivity contribution is -0.146. The summed E-state index contributed by atoms with van der Waals surface area (Å²) in [5.74, 6) is -0.264. The molecule has 0 aromatic heterocycles. The first-order valence-corrected chi connectivity index (χ1v) is 20.3. The zero-order valence-corrected chi connectivity index (χ0v) is 32.6. The van der Waals surface area contributed by atoms with Crippen molar-refractivity contribution in [2.45, 2.75) is 181 Å². The van der Waals surface area contributed by atoms with E-state index in [9.17, 15) is 14.4 Å². The highest BCUT2D eigenvalue weighted by Crippen LogP contribution is 2.17. The van der Waals surface area contributed by atoms with Gasteiger partial charge in [0.05, 0.1) is 26.4 Å². The maximum atomic E-state index is 12.5. The smallest absolute Gasteiger partial charge is 0.466 e. The second kappa shape index (κ2) is 35.9. The Morgan fingerprint density at radius 3 is 1.65 bits per heavy atom. The molecule has 0 N–H and O–H groups in total. The molecule has 0 aromatic rings. The summed E-state index contributed by atoms with van der Waals surface area (Å²) in [7, 11) is 1.65. The second-order valence-electron chi connectivity index (χ2n) is 13.6. The zero-order valence-electron chi connectivity index (χ0n) is 32.6. The maximum absolute atomic E-state index is 12.5. The molecule has 0 aliphatic carbocycles. The first-order chi connectivity index (χ1) is 23.9. The number of carbonyl (C=O) groups excluding carboxylic acids is 3. The molecule has 290 valence electrons. The van der Waals surface area contributed by atoms with Crippen LogP contribution in [-0.4, -0.2) is 82.3 Å². The van der Waals surface area contributed by atoms with Crippen molar-refractivity contribution in [2.24, 2.45) is 5.92 Å². The van der Waals surface area contributed by atoms with Gasteiger partial charge >= 0.3 is 18.1 Å². The second-order valence-corrected chi connectivity index (χ2v) is 13.6. The van der Waals surface area contributed by atoms with E-state index in [1.165, 1.54) is 70.6 Å². The molecule has 2 unspecified atom stereocenters. The van der Waals surface area contributed by atoms with Gasteiger partial charge in [-0.15, -0.1) is 0 Å². The Labute approximate surface area is 301 Å². The van der Waals surface area contributed by atoms with Gasteiger partial charge in [-0.2, -0.15) is 0 Å². The van der Waals surface area contributed by atoms with Crippen LogP contribution in [0.3, 0.4) is 0 Å². The first kappa shape index (κ1) is 47.1. The van der Waals surface area contributed by atoms with E-state index in [0.717, 1.165) is 71.0 Å². The van der Waals surface area contributed by atoms with Gasteiger partial charge in [-0.3, -0.25) is 9.59 Å². The molecule has 0 fully saturated rings. The number of ether oxygens (including phenoxy) is 5. The fourth-order valence-corrected chi connectivity index (χ4v) is 5.96. The molecule has 0 bridgehead atoms. The lowest BCUT2D eigenvalue weighted by Crippen LogP contribution is -2.26. The summed E-state index contributed by atoms with van der Waals surface area (Å²) in [5, 5.41) is 0. The number of carbonyl (C=O) groups is 3. The van der Waals surface area contributed by atoms with Crippen LogP contribution >= 0.6 is 0 Å². The lowest BCUT2D eigenvalue weighted by atomic mass is 10.0. The van der Waals surface area contributed by atoms with Crippen LogP contribution in [0.4, 0.5) is 4.79 Å². The average molecular weight is 700 g/mol. The summed E-state index contributed by atoms with van der Waals surface area (Å²) in [4.78, 5) is 39.3. The molecule has 0 rings (SSSR count). The Bertz CT molecular complexity index is 761. The Morgan fingerprint density at radius 1 is 0.531 bits per heavy atom. The van der Waals surface area contributed by atoms with E-state index >= 15 is 0 Å². The Kier molecular flexibility index (Phi) is 34.6. The van der Waals surface area contributed by atoms with E-state index in [0.29, 0.717) is 45.5 Å². The largest absolute Gasteiger partial charge is 0.508 e. The van der Waals surface area contributed by atoms with Crippen molar-refractivity contribution in [1.29, 1.82) is 0 Å². The van der Waals surface area contributed by atoms with Gasteiger partial charge in [0.25, 0.3) is 0 Å². The van der Waals surface area contributed by atoms with Gasteiger partial charge in [0.15, 0.2) is 0 Å². The Balaban J connectivity index is 4.45. The number of rotatable bonds is 36. The number of esters is 2. The van der Waals surface area contributed by atoms with E-state index in [-0.39, 0.29) is 30.6 Å². The molecule has 0 spiro atoms. The van der Waals surface area contributed by atoms with Crippen LogP contribution in [-0.2, 0) is 33.3 Å². The van der Waals surface area contributed by atoms with Crippen LogP contribution < -0.4 is 0 Å². The normalized spacial score (nSPS) is 12.5. The van der Waals surface area contributed by atoms with Crippen LogP contribution in [0, 0.1) is 5.92 Å². The van der Waals surface area contributed by atoms with Crippen LogP contribution in [0.15, 0.2) is 0 Å². The summed E-state index contributed by atoms with van der Waals surface area (Å²) < 4.78 is 27.4. The molecule has 9 nitrogen and oxygen atoms in total. The zero-order chi connectivity index (χ0) is 36.2. The van der Waals surface area contributed by atoms with Gasteiger partial charge in [-0.05, 0) is 51.6 Å². The standard InChI is InChI=1S/C40H77NO8/c1-6-10-12-14-15-16-17-18-20-21-27-37(49-40(44)47-32-25-31-41(8-3)9-4)30-33-46-38(42)29-24-23-26-36(34-45-5)35-48-39(43)28-22-19-13-11-7-2/h36-37H,6-35H2,1-5H3. The predicted molar refractivity (Wildman–Crippen MR) is 199 cm³/mol. The predicted octanol–water partition coefficient (Wildman–Crippen LogP) is 10.2. The molecule has 0 radical (unpaired) electrons. The third kappa shape index (κ3) is 31.8. The lowest BCUT2D eigenvalue weighted by Gasteiger charge is -2.19. The van der Waals surface area contributed by atoms with Crippen LogP contribution in [0.5, 0.6) is 0 Å². The van der Waals surface area contributed by atoms with E-state index in [4.69, 9.17) is 23.7 Å². The van der Waals surface area contributed by atoms with Crippen molar-refractivity contribution in [2.75, 3.05) is 53.2 Å². The number of hydrogen-bond acceptors (Lipinski definition) is 9. The van der Waals surface area contributed by atoms with Crippen LogP contribution in [0.25, 0.3) is 0 Å². The number of nitrogens with zero attached hydrogens (tertiary/aromatic N) is 1. The van der Waals surface area contributed by atoms with Crippen molar-refractivity contribution in [3.05, 3.63) is 0 Å². The minimum Gasteiger partial charge on any atom is -0.466 e. The van der Waals surface area contributed by atoms with E-state index < -0.39 is 6.16 Å². The Morgan fingerprint density at radius 2 is 1.06 bits per heavy atom. The van der Waals surface area contributed by atoms with E-state index in [1.54, 1.807) is 7.11 Å². The first-order valence-electron chi connectivity index (χ1n) is 20.3. The summed E-state index contributed by atoms with van der Waals surface area (Å²) >= 11 is 0. The van der Waals surface area contributed by atoms with E-state index in [1.807, 2.05) is 0 Å². The van der Waals surface area contributed by atoms with Crippen molar-refractivity contribution < 1.29 is 38.1 Å². The molecule has 0 heterocycles. The van der Waals surface area contributed by atoms with Gasteiger partial charge in [0, 0.05) is 38.8 Å². The van der Waals surface area contributed by atoms with Crippen molar-refractivity contribution in [3.63, 3.8) is 0 Å². The van der Waals surface area contributed by atoms with Gasteiger partial charge in [-0.1, -0.05) is 118 Å². The van der Waals surface area contributed by atoms with Gasteiger partial charge in [-0.25, -0.2) is 4.79 Å². The Hall–Kier alpha value is -1.87. The van der Waals surface area contributed by atoms with Crippen LogP contribution in [0.2, 0.25) is 0 Å². The molecular formula is C40H77NO8. The molecular weight excluding hydrogens is 622 g/mol. The average Bonchev–Trinajstić information content (AvgIpc) is 3.09. The third-order valence-corrected chi connectivity index (χ3v) is 9.19. The van der Waals surface area contributed by atoms with Gasteiger partial charge in [0.2, 0.25) is 0 Å². The summed E-state index contributed by atoms with van der Waals surface area (Å²) in [5.41, 5.74) is 0. The third-order valence-electron chi connectivity index (χ3n) is 9.19. The highest BCUT2D eigenvalue weighted by Gasteiger charge is 2.17.